The van der Waals surface area contributed by atoms with Crippen LogP contribution in [0.15, 0.2) is 42.5 Å². The summed E-state index contributed by atoms with van der Waals surface area (Å²) in [7, 11) is -2.25. The van der Waals surface area contributed by atoms with E-state index in [1.165, 1.54) is 25.5 Å². The van der Waals surface area contributed by atoms with E-state index in [2.05, 4.69) is 16.3 Å². The number of sulfonamides is 1. The van der Waals surface area contributed by atoms with Crippen LogP contribution in [0.1, 0.15) is 36.5 Å². The van der Waals surface area contributed by atoms with Crippen LogP contribution in [0.5, 0.6) is 5.75 Å². The molecule has 0 aromatic heterocycles. The van der Waals surface area contributed by atoms with E-state index in [4.69, 9.17) is 4.74 Å². The number of anilines is 1. The Kier molecular flexibility index (Phi) is 7.79. The Hall–Kier alpha value is -2.58. The Morgan fingerprint density at radius 3 is 2.44 bits per heavy atom. The van der Waals surface area contributed by atoms with Gasteiger partial charge in [0.2, 0.25) is 15.9 Å². The zero-order valence-electron chi connectivity index (χ0n) is 19.3. The maximum Gasteiger partial charge on any atom is 0.243 e. The first kappa shape index (κ1) is 24.1. The maximum atomic E-state index is 13.0. The highest BCUT2D eigenvalue weighted by Gasteiger charge is 2.31. The van der Waals surface area contributed by atoms with Crippen molar-refractivity contribution in [1.29, 1.82) is 0 Å². The number of nitrogens with one attached hydrogen (secondary N) is 1. The van der Waals surface area contributed by atoms with Crippen molar-refractivity contribution >= 4 is 21.6 Å². The standard InChI is InChI=1S/C24H33N3O4S/c1-18-11-12-23(31-3)22(15-18)27(32(4,29)30)19(2)24(28)25-16-20-9-5-6-10-21(20)17-26-13-7-8-14-26/h5-6,9-12,15,19H,7-8,13-14,16-17H2,1-4H3,(H,25,28). The van der Waals surface area contributed by atoms with Crippen molar-refractivity contribution in [3.63, 3.8) is 0 Å². The Bertz CT molecular complexity index is 1050. The minimum atomic E-state index is -3.73. The molecule has 1 fully saturated rings. The molecule has 0 saturated carbocycles. The van der Waals surface area contributed by atoms with Crippen molar-refractivity contribution < 1.29 is 17.9 Å². The maximum absolute atomic E-state index is 13.0. The third-order valence-electron chi connectivity index (χ3n) is 5.82. The van der Waals surface area contributed by atoms with Crippen LogP contribution in [0.25, 0.3) is 0 Å². The number of carbonyl (C=O) groups is 1. The zero-order chi connectivity index (χ0) is 23.3. The summed E-state index contributed by atoms with van der Waals surface area (Å²) in [5.41, 5.74) is 3.45. The first-order chi connectivity index (χ1) is 15.2. The van der Waals surface area contributed by atoms with Crippen molar-refractivity contribution in [2.24, 2.45) is 0 Å². The number of benzene rings is 2. The Labute approximate surface area is 191 Å². The van der Waals surface area contributed by atoms with Gasteiger partial charge in [-0.15, -0.1) is 0 Å². The van der Waals surface area contributed by atoms with E-state index in [0.717, 1.165) is 41.3 Å². The van der Waals surface area contributed by atoms with Crippen molar-refractivity contribution in [3.05, 3.63) is 59.2 Å². The smallest absolute Gasteiger partial charge is 0.243 e. The highest BCUT2D eigenvalue weighted by atomic mass is 32.2. The molecule has 1 atom stereocenters. The lowest BCUT2D eigenvalue weighted by atomic mass is 10.1. The first-order valence-electron chi connectivity index (χ1n) is 10.9. The summed E-state index contributed by atoms with van der Waals surface area (Å²) in [6.45, 7) is 6.85. The molecule has 7 nitrogen and oxygen atoms in total. The van der Waals surface area contributed by atoms with E-state index in [1.807, 2.05) is 31.2 Å². The summed E-state index contributed by atoms with van der Waals surface area (Å²) < 4.78 is 31.8. The van der Waals surface area contributed by atoms with E-state index in [-0.39, 0.29) is 5.91 Å². The van der Waals surface area contributed by atoms with Crippen LogP contribution in [0.2, 0.25) is 0 Å². The number of aryl methyl sites for hydroxylation is 1. The van der Waals surface area contributed by atoms with Crippen LogP contribution >= 0.6 is 0 Å². The van der Waals surface area contributed by atoms with E-state index in [0.29, 0.717) is 18.0 Å². The van der Waals surface area contributed by atoms with Crippen LogP contribution in [0, 0.1) is 6.92 Å². The number of rotatable bonds is 9. The zero-order valence-corrected chi connectivity index (χ0v) is 20.1. The second-order valence-electron chi connectivity index (χ2n) is 8.38. The third-order valence-corrected chi connectivity index (χ3v) is 7.05. The van der Waals surface area contributed by atoms with Gasteiger partial charge in [0.25, 0.3) is 0 Å². The van der Waals surface area contributed by atoms with Gasteiger partial charge >= 0.3 is 0 Å². The fourth-order valence-electron chi connectivity index (χ4n) is 4.15. The Morgan fingerprint density at radius 2 is 1.81 bits per heavy atom. The van der Waals surface area contributed by atoms with E-state index in [1.54, 1.807) is 19.1 Å². The predicted molar refractivity (Wildman–Crippen MR) is 127 cm³/mol. The molecule has 1 aliphatic rings. The van der Waals surface area contributed by atoms with Crippen molar-refractivity contribution in [2.75, 3.05) is 30.8 Å². The van der Waals surface area contributed by atoms with Crippen LogP contribution in [-0.4, -0.2) is 51.7 Å². The van der Waals surface area contributed by atoms with Crippen molar-refractivity contribution in [2.45, 2.75) is 45.8 Å². The molecular formula is C24H33N3O4S. The quantitative estimate of drug-likeness (QED) is 0.624. The van der Waals surface area contributed by atoms with E-state index in [9.17, 15) is 13.2 Å². The average molecular weight is 460 g/mol. The Balaban J connectivity index is 1.78. The van der Waals surface area contributed by atoms with Gasteiger partial charge in [-0.25, -0.2) is 8.42 Å². The fraction of sp³-hybridized carbons (Fsp3) is 0.458. The highest BCUT2D eigenvalue weighted by Crippen LogP contribution is 2.32. The highest BCUT2D eigenvalue weighted by molar-refractivity contribution is 7.92. The van der Waals surface area contributed by atoms with Gasteiger partial charge in [0.05, 0.1) is 19.1 Å². The summed E-state index contributed by atoms with van der Waals surface area (Å²) in [5, 5.41) is 2.93. The van der Waals surface area contributed by atoms with Gasteiger partial charge in [-0.3, -0.25) is 14.0 Å². The number of methoxy groups -OCH3 is 1. The van der Waals surface area contributed by atoms with Crippen LogP contribution in [0.3, 0.4) is 0 Å². The lowest BCUT2D eigenvalue weighted by Crippen LogP contribution is -2.47. The molecule has 0 radical (unpaired) electrons. The minimum absolute atomic E-state index is 0.343. The molecule has 1 unspecified atom stereocenters. The minimum Gasteiger partial charge on any atom is -0.495 e. The number of amides is 1. The molecule has 3 rings (SSSR count). The molecule has 2 aromatic rings. The number of nitrogens with zero attached hydrogens (tertiary/aromatic N) is 2. The van der Waals surface area contributed by atoms with Gasteiger partial charge < -0.3 is 10.1 Å². The molecule has 1 aliphatic heterocycles. The van der Waals surface area contributed by atoms with Gasteiger partial charge in [0.15, 0.2) is 0 Å². The molecular weight excluding hydrogens is 426 g/mol. The van der Waals surface area contributed by atoms with Crippen molar-refractivity contribution in [1.82, 2.24) is 10.2 Å². The number of ether oxygens (including phenoxy) is 1. The van der Waals surface area contributed by atoms with Crippen LogP contribution < -0.4 is 14.4 Å². The van der Waals surface area contributed by atoms with Crippen molar-refractivity contribution in [3.8, 4) is 5.75 Å². The van der Waals surface area contributed by atoms with Gasteiger partial charge in [-0.1, -0.05) is 30.3 Å². The van der Waals surface area contributed by atoms with Gasteiger partial charge in [-0.05, 0) is 68.6 Å². The number of hydrogen-bond acceptors (Lipinski definition) is 5. The summed E-state index contributed by atoms with van der Waals surface area (Å²) in [4.78, 5) is 15.5. The summed E-state index contributed by atoms with van der Waals surface area (Å²) in [5.74, 6) is 0.0339. The normalized spacial score (nSPS) is 15.4. The molecule has 1 N–H and O–H groups in total. The van der Waals surface area contributed by atoms with Gasteiger partial charge in [0.1, 0.15) is 11.8 Å². The Morgan fingerprint density at radius 1 is 1.16 bits per heavy atom. The van der Waals surface area contributed by atoms with E-state index >= 15 is 0 Å². The summed E-state index contributed by atoms with van der Waals surface area (Å²) >= 11 is 0. The lowest BCUT2D eigenvalue weighted by molar-refractivity contribution is -0.122. The fourth-order valence-corrected chi connectivity index (χ4v) is 5.32. The molecule has 174 valence electrons. The van der Waals surface area contributed by atoms with Gasteiger partial charge in [0, 0.05) is 13.1 Å². The first-order valence-corrected chi connectivity index (χ1v) is 12.8. The SMILES string of the molecule is COc1ccc(C)cc1N(C(C)C(=O)NCc1ccccc1CN1CCCC1)S(C)(=O)=O. The molecule has 0 spiro atoms. The number of likely N-dealkylation sites (tertiary alicyclic amines) is 1. The monoisotopic (exact) mass is 459 g/mol. The predicted octanol–water partition coefficient (Wildman–Crippen LogP) is 3.07. The van der Waals surface area contributed by atoms with Crippen LogP contribution in [-0.2, 0) is 27.9 Å². The summed E-state index contributed by atoms with van der Waals surface area (Å²) in [6, 6.07) is 12.4. The number of hydrogen-bond donors (Lipinski definition) is 1. The lowest BCUT2D eigenvalue weighted by Gasteiger charge is -2.29. The average Bonchev–Trinajstić information content (AvgIpc) is 3.25. The molecule has 0 aliphatic carbocycles. The topological polar surface area (TPSA) is 79.0 Å². The van der Waals surface area contributed by atoms with Crippen LogP contribution in [0.4, 0.5) is 5.69 Å². The largest absolute Gasteiger partial charge is 0.495 e. The molecule has 1 saturated heterocycles. The molecule has 2 aromatic carbocycles. The second kappa shape index (κ2) is 10.4. The van der Waals surface area contributed by atoms with E-state index < -0.39 is 16.1 Å². The molecule has 8 heteroatoms. The molecule has 1 amide bonds. The second-order valence-corrected chi connectivity index (χ2v) is 10.2. The number of carbonyl (C=O) groups excluding carboxylic acids is 1. The third kappa shape index (κ3) is 5.81. The molecule has 0 bridgehead atoms. The molecule has 1 heterocycles. The molecule has 32 heavy (non-hydrogen) atoms. The summed E-state index contributed by atoms with van der Waals surface area (Å²) in [6.07, 6.45) is 3.55. The van der Waals surface area contributed by atoms with Gasteiger partial charge in [-0.2, -0.15) is 0 Å².